The van der Waals surface area contributed by atoms with Gasteiger partial charge in [0.15, 0.2) is 5.96 Å². The second kappa shape index (κ2) is 8.63. The third kappa shape index (κ3) is 4.44. The largest absolute Gasteiger partial charge is 0.356 e. The molecule has 0 fully saturated rings. The van der Waals surface area contributed by atoms with Crippen molar-refractivity contribution in [2.45, 2.75) is 26.7 Å². The van der Waals surface area contributed by atoms with Gasteiger partial charge in [0, 0.05) is 42.8 Å². The van der Waals surface area contributed by atoms with E-state index in [9.17, 15) is 0 Å². The summed E-state index contributed by atoms with van der Waals surface area (Å²) in [5, 5.41) is 4.58. The number of rotatable bonds is 4. The predicted molar refractivity (Wildman–Crippen MR) is 109 cm³/mol. The summed E-state index contributed by atoms with van der Waals surface area (Å²) in [4.78, 5) is 12.8. The normalized spacial score (nSPS) is 13.7. The minimum Gasteiger partial charge on any atom is -0.356 e. The molecule has 3 rings (SSSR count). The molecule has 2 heterocycles. The fraction of sp³-hybridized carbons (Fsp3) is 0.412. The third-order valence-corrected chi connectivity index (χ3v) is 4.71. The van der Waals surface area contributed by atoms with Crippen molar-refractivity contribution in [3.05, 3.63) is 45.9 Å². The minimum atomic E-state index is 0. The fourth-order valence-corrected chi connectivity index (χ4v) is 3.50. The van der Waals surface area contributed by atoms with Gasteiger partial charge in [-0.05, 0) is 31.9 Å². The van der Waals surface area contributed by atoms with Gasteiger partial charge in [-0.2, -0.15) is 0 Å². The lowest BCUT2D eigenvalue weighted by Gasteiger charge is -2.22. The maximum Gasteiger partial charge on any atom is 0.198 e. The number of hydrogen-bond donors (Lipinski definition) is 1. The van der Waals surface area contributed by atoms with Gasteiger partial charge < -0.3 is 10.2 Å². The van der Waals surface area contributed by atoms with E-state index in [1.54, 1.807) is 11.3 Å². The summed E-state index contributed by atoms with van der Waals surface area (Å²) in [6, 6.07) is 8.59. The quantitative estimate of drug-likeness (QED) is 0.447. The summed E-state index contributed by atoms with van der Waals surface area (Å²) >= 11 is 1.76. The maximum atomic E-state index is 4.80. The maximum absolute atomic E-state index is 4.80. The second-order valence-corrected chi connectivity index (χ2v) is 6.70. The van der Waals surface area contributed by atoms with Crippen LogP contribution in [0.4, 0.5) is 5.69 Å². The molecule has 0 amide bonds. The summed E-state index contributed by atoms with van der Waals surface area (Å²) in [6.45, 7) is 6.86. The number of halogens is 1. The number of hydrogen-bond acceptors (Lipinski definition) is 3. The molecule has 1 aliphatic rings. The van der Waals surface area contributed by atoms with Crippen molar-refractivity contribution in [2.24, 2.45) is 4.99 Å². The zero-order valence-electron chi connectivity index (χ0n) is 13.6. The first-order valence-corrected chi connectivity index (χ1v) is 8.64. The Kier molecular flexibility index (Phi) is 6.83. The first kappa shape index (κ1) is 18.2. The Morgan fingerprint density at radius 3 is 2.96 bits per heavy atom. The van der Waals surface area contributed by atoms with Crippen LogP contribution in [0.2, 0.25) is 0 Å². The van der Waals surface area contributed by atoms with Gasteiger partial charge in [0.1, 0.15) is 0 Å². The standard InChI is InChI=1S/C17H22N4S.HI/c1-3-18-17(19-10-8-16-20-12-13(2)22-16)21-11-9-14-6-4-5-7-15(14)21;/h4-7,12H,3,8-11H2,1-2H3,(H,18,19);1H. The van der Waals surface area contributed by atoms with Gasteiger partial charge in [-0.3, -0.25) is 4.99 Å². The number of anilines is 1. The topological polar surface area (TPSA) is 40.5 Å². The number of thiazole rings is 1. The number of aromatic nitrogens is 1. The van der Waals surface area contributed by atoms with E-state index in [4.69, 9.17) is 4.99 Å². The average molecular weight is 442 g/mol. The molecule has 0 unspecified atom stereocenters. The summed E-state index contributed by atoms with van der Waals surface area (Å²) in [7, 11) is 0. The van der Waals surface area contributed by atoms with Crippen molar-refractivity contribution in [1.82, 2.24) is 10.3 Å². The van der Waals surface area contributed by atoms with E-state index in [1.807, 2.05) is 6.20 Å². The zero-order chi connectivity index (χ0) is 15.4. The molecule has 0 saturated heterocycles. The Balaban J connectivity index is 0.00000192. The Morgan fingerprint density at radius 1 is 1.39 bits per heavy atom. The van der Waals surface area contributed by atoms with Gasteiger partial charge in [-0.1, -0.05) is 18.2 Å². The highest BCUT2D eigenvalue weighted by Crippen LogP contribution is 2.27. The monoisotopic (exact) mass is 442 g/mol. The molecule has 1 N–H and O–H groups in total. The van der Waals surface area contributed by atoms with E-state index in [1.165, 1.54) is 21.1 Å². The van der Waals surface area contributed by atoms with Gasteiger partial charge in [-0.25, -0.2) is 4.98 Å². The molecule has 0 radical (unpaired) electrons. The molecule has 124 valence electrons. The number of guanidine groups is 1. The number of fused-ring (bicyclic) bond motifs is 1. The number of aryl methyl sites for hydroxylation is 1. The molecule has 0 spiro atoms. The molecule has 0 saturated carbocycles. The van der Waals surface area contributed by atoms with E-state index in [-0.39, 0.29) is 24.0 Å². The Morgan fingerprint density at radius 2 is 2.22 bits per heavy atom. The lowest BCUT2D eigenvalue weighted by Crippen LogP contribution is -2.40. The van der Waals surface area contributed by atoms with Crippen LogP contribution < -0.4 is 10.2 Å². The molecule has 6 heteroatoms. The van der Waals surface area contributed by atoms with E-state index >= 15 is 0 Å². The first-order valence-electron chi connectivity index (χ1n) is 7.83. The van der Waals surface area contributed by atoms with Gasteiger partial charge in [0.2, 0.25) is 0 Å². The Bertz CT molecular complexity index is 668. The van der Waals surface area contributed by atoms with E-state index in [0.717, 1.165) is 38.4 Å². The molecule has 1 aliphatic heterocycles. The molecule has 0 atom stereocenters. The highest BCUT2D eigenvalue weighted by Gasteiger charge is 2.22. The average Bonchev–Trinajstić information content (AvgIpc) is 3.13. The zero-order valence-corrected chi connectivity index (χ0v) is 16.7. The highest BCUT2D eigenvalue weighted by molar-refractivity contribution is 14.0. The Hall–Kier alpha value is -1.15. The number of nitrogens with zero attached hydrogens (tertiary/aromatic N) is 3. The van der Waals surface area contributed by atoms with Crippen LogP contribution in [-0.2, 0) is 12.8 Å². The lowest BCUT2D eigenvalue weighted by atomic mass is 10.2. The Labute approximate surface area is 159 Å². The summed E-state index contributed by atoms with van der Waals surface area (Å²) in [6.07, 6.45) is 3.93. The lowest BCUT2D eigenvalue weighted by molar-refractivity contribution is 0.869. The van der Waals surface area contributed by atoms with Crippen LogP contribution in [0, 0.1) is 6.92 Å². The molecule has 0 bridgehead atoms. The van der Waals surface area contributed by atoms with Crippen molar-refractivity contribution < 1.29 is 0 Å². The van der Waals surface area contributed by atoms with Crippen molar-refractivity contribution in [3.8, 4) is 0 Å². The molecule has 1 aromatic heterocycles. The summed E-state index contributed by atoms with van der Waals surface area (Å²) < 4.78 is 0. The van der Waals surface area contributed by atoms with Crippen molar-refractivity contribution in [3.63, 3.8) is 0 Å². The molecule has 4 nitrogen and oxygen atoms in total. The van der Waals surface area contributed by atoms with Crippen LogP contribution in [-0.4, -0.2) is 30.6 Å². The van der Waals surface area contributed by atoms with Crippen molar-refractivity contribution >= 4 is 47.0 Å². The van der Waals surface area contributed by atoms with E-state index < -0.39 is 0 Å². The van der Waals surface area contributed by atoms with Crippen LogP contribution in [0.25, 0.3) is 0 Å². The molecule has 23 heavy (non-hydrogen) atoms. The first-order chi connectivity index (χ1) is 10.8. The van der Waals surface area contributed by atoms with Crippen molar-refractivity contribution in [2.75, 3.05) is 24.5 Å². The van der Waals surface area contributed by atoms with Crippen LogP contribution in [0.3, 0.4) is 0 Å². The molecular formula is C17H23IN4S. The number of nitrogens with one attached hydrogen (secondary N) is 1. The predicted octanol–water partition coefficient (Wildman–Crippen LogP) is 3.64. The second-order valence-electron chi connectivity index (χ2n) is 5.38. The van der Waals surface area contributed by atoms with Crippen LogP contribution in [0.1, 0.15) is 22.4 Å². The van der Waals surface area contributed by atoms with Gasteiger partial charge in [-0.15, -0.1) is 35.3 Å². The molecule has 0 aliphatic carbocycles. The van der Waals surface area contributed by atoms with E-state index in [0.29, 0.717) is 0 Å². The summed E-state index contributed by atoms with van der Waals surface area (Å²) in [5.74, 6) is 0.987. The number of para-hydroxylation sites is 1. The number of aliphatic imine (C=N–C) groups is 1. The smallest absolute Gasteiger partial charge is 0.198 e. The minimum absolute atomic E-state index is 0. The van der Waals surface area contributed by atoms with Crippen molar-refractivity contribution in [1.29, 1.82) is 0 Å². The van der Waals surface area contributed by atoms with E-state index in [2.05, 4.69) is 53.3 Å². The molecular weight excluding hydrogens is 419 g/mol. The van der Waals surface area contributed by atoms with Gasteiger partial charge in [0.05, 0.1) is 5.01 Å². The van der Waals surface area contributed by atoms with Crippen LogP contribution in [0.5, 0.6) is 0 Å². The van der Waals surface area contributed by atoms with Crippen LogP contribution in [0.15, 0.2) is 35.5 Å². The third-order valence-electron chi connectivity index (χ3n) is 3.73. The summed E-state index contributed by atoms with van der Waals surface area (Å²) in [5.41, 5.74) is 2.69. The SMILES string of the molecule is CCNC(=NCCc1ncc(C)s1)N1CCc2ccccc21.I. The number of benzene rings is 1. The molecule has 1 aromatic carbocycles. The van der Waals surface area contributed by atoms with Gasteiger partial charge in [0.25, 0.3) is 0 Å². The van der Waals surface area contributed by atoms with Gasteiger partial charge >= 0.3 is 0 Å². The molecule has 2 aromatic rings. The fourth-order valence-electron chi connectivity index (χ4n) is 2.73. The van der Waals surface area contributed by atoms with Crippen LogP contribution >= 0.6 is 35.3 Å². The highest BCUT2D eigenvalue weighted by atomic mass is 127.